The molecule has 6 nitrogen and oxygen atoms in total. The fraction of sp³-hybridized carbons (Fsp3) is 0.250. The van der Waals surface area contributed by atoms with Gasteiger partial charge < -0.3 is 11.1 Å². The quantitative estimate of drug-likeness (QED) is 0.808. The first-order valence-corrected chi connectivity index (χ1v) is 5.69. The summed E-state index contributed by atoms with van der Waals surface area (Å²) in [7, 11) is 0. The van der Waals surface area contributed by atoms with E-state index in [1.54, 1.807) is 11.0 Å². The molecule has 0 saturated carbocycles. The lowest BCUT2D eigenvalue weighted by molar-refractivity contribution is -0.116. The van der Waals surface area contributed by atoms with Crippen LogP contribution in [0.5, 0.6) is 0 Å². The number of benzene rings is 1. The maximum atomic E-state index is 11.4. The first-order chi connectivity index (χ1) is 8.78. The summed E-state index contributed by atoms with van der Waals surface area (Å²) in [5.74, 6) is -0.0737. The second kappa shape index (κ2) is 5.92. The van der Waals surface area contributed by atoms with E-state index in [1.165, 1.54) is 6.33 Å². The van der Waals surface area contributed by atoms with Crippen molar-refractivity contribution in [3.8, 4) is 0 Å². The molecule has 3 N–H and O–H groups in total. The van der Waals surface area contributed by atoms with Gasteiger partial charge in [-0.15, -0.1) is 0 Å². The van der Waals surface area contributed by atoms with Gasteiger partial charge in [0.25, 0.3) is 0 Å². The molecule has 0 unspecified atom stereocenters. The van der Waals surface area contributed by atoms with Crippen LogP contribution in [-0.2, 0) is 11.3 Å². The number of aromatic nitrogens is 3. The number of nitrogens with two attached hydrogens (primary N) is 1. The highest BCUT2D eigenvalue weighted by atomic mass is 16.1. The molecular formula is C12H15N5O. The topological polar surface area (TPSA) is 85.8 Å². The molecule has 0 atom stereocenters. The van der Waals surface area contributed by atoms with E-state index in [0.717, 1.165) is 11.3 Å². The van der Waals surface area contributed by atoms with E-state index in [1.807, 2.05) is 24.3 Å². The van der Waals surface area contributed by atoms with Crippen LogP contribution in [0.25, 0.3) is 0 Å². The molecule has 2 aromatic rings. The Balaban J connectivity index is 2.03. The highest BCUT2D eigenvalue weighted by Gasteiger charge is 2.02. The standard InChI is InChI=1S/C12H15N5O/c13-5-4-12(18)16-11-3-1-2-10(6-11)7-17-9-14-8-15-17/h1-3,6,8-9H,4-5,7,13H2,(H,16,18). The Labute approximate surface area is 105 Å². The number of hydrogen-bond donors (Lipinski definition) is 2. The monoisotopic (exact) mass is 245 g/mol. The zero-order valence-electron chi connectivity index (χ0n) is 9.91. The Hall–Kier alpha value is -2.21. The highest BCUT2D eigenvalue weighted by molar-refractivity contribution is 5.90. The Kier molecular flexibility index (Phi) is 4.03. The fourth-order valence-electron chi connectivity index (χ4n) is 1.60. The minimum absolute atomic E-state index is 0.0737. The second-order valence-electron chi connectivity index (χ2n) is 3.88. The Bertz CT molecular complexity index is 509. The summed E-state index contributed by atoms with van der Waals surface area (Å²) in [6, 6.07) is 7.62. The van der Waals surface area contributed by atoms with Crippen LogP contribution in [0.1, 0.15) is 12.0 Å². The van der Waals surface area contributed by atoms with Crippen LogP contribution in [0.3, 0.4) is 0 Å². The zero-order chi connectivity index (χ0) is 12.8. The molecule has 2 rings (SSSR count). The molecule has 1 aromatic carbocycles. The number of hydrogen-bond acceptors (Lipinski definition) is 4. The van der Waals surface area contributed by atoms with Crippen molar-refractivity contribution in [1.82, 2.24) is 14.8 Å². The number of carbonyl (C=O) groups is 1. The average Bonchev–Trinajstić information content (AvgIpc) is 2.82. The first-order valence-electron chi connectivity index (χ1n) is 5.69. The Morgan fingerprint density at radius 2 is 2.33 bits per heavy atom. The summed E-state index contributed by atoms with van der Waals surface area (Å²) >= 11 is 0. The van der Waals surface area contributed by atoms with Crippen molar-refractivity contribution in [2.24, 2.45) is 5.73 Å². The van der Waals surface area contributed by atoms with Crippen molar-refractivity contribution in [2.45, 2.75) is 13.0 Å². The SMILES string of the molecule is NCCC(=O)Nc1cccc(Cn2cncn2)c1. The van der Waals surface area contributed by atoms with Crippen LogP contribution >= 0.6 is 0 Å². The lowest BCUT2D eigenvalue weighted by Gasteiger charge is -2.07. The second-order valence-corrected chi connectivity index (χ2v) is 3.88. The minimum atomic E-state index is -0.0737. The summed E-state index contributed by atoms with van der Waals surface area (Å²) in [5, 5.41) is 6.83. The summed E-state index contributed by atoms with van der Waals surface area (Å²) in [6.45, 7) is 0.977. The van der Waals surface area contributed by atoms with Crippen LogP contribution in [-0.4, -0.2) is 27.2 Å². The molecular weight excluding hydrogens is 230 g/mol. The minimum Gasteiger partial charge on any atom is -0.330 e. The molecule has 0 bridgehead atoms. The Morgan fingerprint density at radius 1 is 1.44 bits per heavy atom. The van der Waals surface area contributed by atoms with Crippen LogP contribution in [0, 0.1) is 0 Å². The molecule has 6 heteroatoms. The predicted octanol–water partition coefficient (Wildman–Crippen LogP) is 0.614. The van der Waals surface area contributed by atoms with Crippen LogP contribution < -0.4 is 11.1 Å². The van der Waals surface area contributed by atoms with Crippen molar-refractivity contribution in [3.05, 3.63) is 42.5 Å². The van der Waals surface area contributed by atoms with Gasteiger partial charge >= 0.3 is 0 Å². The van der Waals surface area contributed by atoms with E-state index in [-0.39, 0.29) is 5.91 Å². The molecule has 18 heavy (non-hydrogen) atoms. The zero-order valence-corrected chi connectivity index (χ0v) is 9.91. The van der Waals surface area contributed by atoms with Crippen molar-refractivity contribution >= 4 is 11.6 Å². The lowest BCUT2D eigenvalue weighted by Crippen LogP contribution is -2.16. The van der Waals surface area contributed by atoms with Crippen molar-refractivity contribution in [3.63, 3.8) is 0 Å². The smallest absolute Gasteiger partial charge is 0.225 e. The molecule has 94 valence electrons. The van der Waals surface area contributed by atoms with E-state index in [9.17, 15) is 4.79 Å². The normalized spacial score (nSPS) is 10.3. The number of anilines is 1. The van der Waals surface area contributed by atoms with E-state index >= 15 is 0 Å². The van der Waals surface area contributed by atoms with Crippen molar-refractivity contribution in [2.75, 3.05) is 11.9 Å². The van der Waals surface area contributed by atoms with Gasteiger partial charge in [0, 0.05) is 18.7 Å². The van der Waals surface area contributed by atoms with Gasteiger partial charge in [-0.25, -0.2) is 9.67 Å². The fourth-order valence-corrected chi connectivity index (χ4v) is 1.60. The van der Waals surface area contributed by atoms with Gasteiger partial charge in [0.05, 0.1) is 6.54 Å². The predicted molar refractivity (Wildman–Crippen MR) is 67.9 cm³/mol. The molecule has 1 aromatic heterocycles. The third-order valence-electron chi connectivity index (χ3n) is 2.39. The number of nitrogens with one attached hydrogen (secondary N) is 1. The van der Waals surface area contributed by atoms with Gasteiger partial charge in [-0.1, -0.05) is 12.1 Å². The maximum Gasteiger partial charge on any atom is 0.225 e. The Morgan fingerprint density at radius 3 is 3.06 bits per heavy atom. The van der Waals surface area contributed by atoms with Gasteiger partial charge in [-0.2, -0.15) is 5.10 Å². The largest absolute Gasteiger partial charge is 0.330 e. The van der Waals surface area contributed by atoms with Crippen molar-refractivity contribution in [1.29, 1.82) is 0 Å². The number of carbonyl (C=O) groups excluding carboxylic acids is 1. The molecule has 0 spiro atoms. The summed E-state index contributed by atoms with van der Waals surface area (Å²) in [4.78, 5) is 15.3. The summed E-state index contributed by atoms with van der Waals surface area (Å²) in [6.07, 6.45) is 3.47. The molecule has 1 amide bonds. The molecule has 1 heterocycles. The van der Waals surface area contributed by atoms with Crippen LogP contribution in [0.2, 0.25) is 0 Å². The van der Waals surface area contributed by atoms with Gasteiger partial charge in [-0.3, -0.25) is 4.79 Å². The number of rotatable bonds is 5. The van der Waals surface area contributed by atoms with Gasteiger partial charge in [0.15, 0.2) is 0 Å². The number of amides is 1. The molecule has 0 fully saturated rings. The average molecular weight is 245 g/mol. The summed E-state index contributed by atoms with van der Waals surface area (Å²) in [5.41, 5.74) is 7.14. The van der Waals surface area contributed by atoms with E-state index in [4.69, 9.17) is 5.73 Å². The molecule has 0 aliphatic carbocycles. The molecule has 0 radical (unpaired) electrons. The third kappa shape index (κ3) is 3.39. The van der Waals surface area contributed by atoms with Crippen molar-refractivity contribution < 1.29 is 4.79 Å². The van der Waals surface area contributed by atoms with E-state index < -0.39 is 0 Å². The van der Waals surface area contributed by atoms with Gasteiger partial charge in [0.2, 0.25) is 5.91 Å². The maximum absolute atomic E-state index is 11.4. The molecule has 0 saturated heterocycles. The van der Waals surface area contributed by atoms with Gasteiger partial charge in [-0.05, 0) is 17.7 Å². The summed E-state index contributed by atoms with van der Waals surface area (Å²) < 4.78 is 1.72. The highest BCUT2D eigenvalue weighted by Crippen LogP contribution is 2.11. The van der Waals surface area contributed by atoms with Crippen LogP contribution in [0.4, 0.5) is 5.69 Å². The molecule has 0 aliphatic heterocycles. The third-order valence-corrected chi connectivity index (χ3v) is 2.39. The first kappa shape index (κ1) is 12.3. The lowest BCUT2D eigenvalue weighted by atomic mass is 10.2. The molecule has 0 aliphatic rings. The van der Waals surface area contributed by atoms with Crippen LogP contribution in [0.15, 0.2) is 36.9 Å². The van der Waals surface area contributed by atoms with E-state index in [2.05, 4.69) is 15.4 Å². The van der Waals surface area contributed by atoms with Gasteiger partial charge in [0.1, 0.15) is 12.7 Å². The van der Waals surface area contributed by atoms with E-state index in [0.29, 0.717) is 19.5 Å². The number of nitrogens with zero attached hydrogens (tertiary/aromatic N) is 3.